The molecule has 0 fully saturated rings. The fourth-order valence-corrected chi connectivity index (χ4v) is 1.64. The van der Waals surface area contributed by atoms with Crippen molar-refractivity contribution in [2.24, 2.45) is 0 Å². The van der Waals surface area contributed by atoms with Gasteiger partial charge in [-0.15, -0.1) is 0 Å². The lowest BCUT2D eigenvalue weighted by atomic mass is 10.3. The van der Waals surface area contributed by atoms with Crippen molar-refractivity contribution in [2.75, 3.05) is 6.54 Å². The standard InChI is InChI=1S/C13H14ClN3O/c1-2-15-7-10-8-16-9-17-13(10)18-12-5-3-4-11(14)6-12/h3-6,8-9,15H,2,7H2,1H3. The van der Waals surface area contributed by atoms with E-state index in [4.69, 9.17) is 16.3 Å². The zero-order chi connectivity index (χ0) is 12.8. The highest BCUT2D eigenvalue weighted by atomic mass is 35.5. The highest BCUT2D eigenvalue weighted by molar-refractivity contribution is 6.30. The summed E-state index contributed by atoms with van der Waals surface area (Å²) in [5.74, 6) is 1.21. The molecule has 0 amide bonds. The molecule has 4 nitrogen and oxygen atoms in total. The molecule has 5 heteroatoms. The van der Waals surface area contributed by atoms with Crippen LogP contribution in [0.25, 0.3) is 0 Å². The summed E-state index contributed by atoms with van der Waals surface area (Å²) in [6, 6.07) is 7.22. The third-order valence-corrected chi connectivity index (χ3v) is 2.56. The van der Waals surface area contributed by atoms with Crippen LogP contribution < -0.4 is 10.1 Å². The van der Waals surface area contributed by atoms with E-state index in [1.54, 1.807) is 18.3 Å². The van der Waals surface area contributed by atoms with Gasteiger partial charge >= 0.3 is 0 Å². The molecule has 2 rings (SSSR count). The van der Waals surface area contributed by atoms with Crippen LogP contribution in [0.2, 0.25) is 5.02 Å². The Hall–Kier alpha value is -1.65. The Morgan fingerprint density at radius 3 is 3.06 bits per heavy atom. The van der Waals surface area contributed by atoms with E-state index in [0.717, 1.165) is 12.1 Å². The molecule has 1 aromatic carbocycles. The van der Waals surface area contributed by atoms with Gasteiger partial charge in [0.15, 0.2) is 0 Å². The van der Waals surface area contributed by atoms with E-state index in [0.29, 0.717) is 23.2 Å². The van der Waals surface area contributed by atoms with Crippen molar-refractivity contribution in [3.63, 3.8) is 0 Å². The van der Waals surface area contributed by atoms with Crippen LogP contribution in [-0.2, 0) is 6.54 Å². The number of halogens is 1. The minimum atomic E-state index is 0.549. The molecule has 0 saturated carbocycles. The first-order valence-electron chi connectivity index (χ1n) is 5.72. The van der Waals surface area contributed by atoms with Crippen molar-refractivity contribution >= 4 is 11.6 Å². The highest BCUT2D eigenvalue weighted by Gasteiger charge is 2.06. The molecular formula is C13H14ClN3O. The molecule has 0 aliphatic heterocycles. The summed E-state index contributed by atoms with van der Waals surface area (Å²) in [4.78, 5) is 8.14. The number of aromatic nitrogens is 2. The van der Waals surface area contributed by atoms with Crippen molar-refractivity contribution < 1.29 is 4.74 Å². The van der Waals surface area contributed by atoms with Crippen molar-refractivity contribution in [3.05, 3.63) is 47.4 Å². The molecule has 0 bridgehead atoms. The summed E-state index contributed by atoms with van der Waals surface area (Å²) in [6.07, 6.45) is 3.21. The Morgan fingerprint density at radius 1 is 1.39 bits per heavy atom. The Labute approximate surface area is 111 Å². The lowest BCUT2D eigenvalue weighted by Crippen LogP contribution is -2.13. The largest absolute Gasteiger partial charge is 0.439 e. The maximum absolute atomic E-state index is 5.91. The van der Waals surface area contributed by atoms with E-state index >= 15 is 0 Å². The highest BCUT2D eigenvalue weighted by Crippen LogP contribution is 2.24. The molecule has 1 N–H and O–H groups in total. The van der Waals surface area contributed by atoms with E-state index in [-0.39, 0.29) is 0 Å². The molecule has 0 saturated heterocycles. The molecule has 0 radical (unpaired) electrons. The number of nitrogens with one attached hydrogen (secondary N) is 1. The second-order valence-electron chi connectivity index (χ2n) is 3.69. The predicted molar refractivity (Wildman–Crippen MR) is 70.9 cm³/mol. The van der Waals surface area contributed by atoms with Gasteiger partial charge in [-0.2, -0.15) is 0 Å². The fourth-order valence-electron chi connectivity index (χ4n) is 1.46. The number of hydrogen-bond acceptors (Lipinski definition) is 4. The summed E-state index contributed by atoms with van der Waals surface area (Å²) in [5, 5.41) is 3.85. The Kier molecular flexibility index (Phi) is 4.50. The molecule has 94 valence electrons. The number of nitrogens with zero attached hydrogens (tertiary/aromatic N) is 2. The Balaban J connectivity index is 2.17. The average Bonchev–Trinajstić information content (AvgIpc) is 2.38. The maximum Gasteiger partial charge on any atom is 0.226 e. The van der Waals surface area contributed by atoms with Gasteiger partial charge in [0.2, 0.25) is 5.88 Å². The first-order valence-corrected chi connectivity index (χ1v) is 6.10. The Bertz CT molecular complexity index is 519. The van der Waals surface area contributed by atoms with E-state index in [1.165, 1.54) is 6.33 Å². The van der Waals surface area contributed by atoms with Crippen LogP contribution >= 0.6 is 11.6 Å². The number of benzene rings is 1. The fraction of sp³-hybridized carbons (Fsp3) is 0.231. The van der Waals surface area contributed by atoms with Gasteiger partial charge in [-0.05, 0) is 24.7 Å². The molecule has 0 unspecified atom stereocenters. The molecule has 0 aliphatic rings. The van der Waals surface area contributed by atoms with Gasteiger partial charge in [0, 0.05) is 23.3 Å². The van der Waals surface area contributed by atoms with E-state index < -0.39 is 0 Å². The van der Waals surface area contributed by atoms with Crippen molar-refractivity contribution in [1.82, 2.24) is 15.3 Å². The zero-order valence-corrected chi connectivity index (χ0v) is 10.8. The smallest absolute Gasteiger partial charge is 0.226 e. The van der Waals surface area contributed by atoms with Crippen LogP contribution in [0.4, 0.5) is 0 Å². The van der Waals surface area contributed by atoms with Crippen LogP contribution in [-0.4, -0.2) is 16.5 Å². The normalized spacial score (nSPS) is 10.3. The van der Waals surface area contributed by atoms with E-state index in [9.17, 15) is 0 Å². The van der Waals surface area contributed by atoms with Crippen LogP contribution in [0.3, 0.4) is 0 Å². The van der Waals surface area contributed by atoms with Crippen molar-refractivity contribution in [3.8, 4) is 11.6 Å². The van der Waals surface area contributed by atoms with Crippen LogP contribution in [0, 0.1) is 0 Å². The second kappa shape index (κ2) is 6.33. The maximum atomic E-state index is 5.91. The Morgan fingerprint density at radius 2 is 2.28 bits per heavy atom. The van der Waals surface area contributed by atoms with Crippen LogP contribution in [0.5, 0.6) is 11.6 Å². The molecule has 0 aliphatic carbocycles. The van der Waals surface area contributed by atoms with Crippen molar-refractivity contribution in [1.29, 1.82) is 0 Å². The summed E-state index contributed by atoms with van der Waals surface area (Å²) >= 11 is 5.91. The monoisotopic (exact) mass is 263 g/mol. The van der Waals surface area contributed by atoms with Crippen molar-refractivity contribution in [2.45, 2.75) is 13.5 Å². The van der Waals surface area contributed by atoms with Crippen LogP contribution in [0.1, 0.15) is 12.5 Å². The summed E-state index contributed by atoms with van der Waals surface area (Å²) < 4.78 is 5.71. The minimum Gasteiger partial charge on any atom is -0.439 e. The van der Waals surface area contributed by atoms with Crippen LogP contribution in [0.15, 0.2) is 36.8 Å². The molecule has 1 aromatic heterocycles. The lowest BCUT2D eigenvalue weighted by Gasteiger charge is -2.09. The molecular weight excluding hydrogens is 250 g/mol. The second-order valence-corrected chi connectivity index (χ2v) is 4.13. The number of hydrogen-bond donors (Lipinski definition) is 1. The number of rotatable bonds is 5. The van der Waals surface area contributed by atoms with Gasteiger partial charge < -0.3 is 10.1 Å². The predicted octanol–water partition coefficient (Wildman–Crippen LogP) is 3.03. The van der Waals surface area contributed by atoms with Gasteiger partial charge in [-0.25, -0.2) is 9.97 Å². The third kappa shape index (κ3) is 3.42. The van der Waals surface area contributed by atoms with E-state index in [1.807, 2.05) is 19.1 Å². The SMILES string of the molecule is CCNCc1cncnc1Oc1cccc(Cl)c1. The molecule has 0 spiro atoms. The third-order valence-electron chi connectivity index (χ3n) is 2.32. The van der Waals surface area contributed by atoms with Gasteiger partial charge in [0.25, 0.3) is 0 Å². The van der Waals surface area contributed by atoms with Gasteiger partial charge in [0.05, 0.1) is 0 Å². The van der Waals surface area contributed by atoms with Gasteiger partial charge in [-0.1, -0.05) is 24.6 Å². The molecule has 1 heterocycles. The van der Waals surface area contributed by atoms with Gasteiger partial charge in [0.1, 0.15) is 12.1 Å². The molecule has 0 atom stereocenters. The quantitative estimate of drug-likeness (QED) is 0.901. The lowest BCUT2D eigenvalue weighted by molar-refractivity contribution is 0.451. The first-order chi connectivity index (χ1) is 8.79. The molecule has 2 aromatic rings. The van der Waals surface area contributed by atoms with Gasteiger partial charge in [-0.3, -0.25) is 0 Å². The van der Waals surface area contributed by atoms with E-state index in [2.05, 4.69) is 15.3 Å². The zero-order valence-electron chi connectivity index (χ0n) is 10.1. The topological polar surface area (TPSA) is 47.0 Å². The number of ether oxygens (including phenoxy) is 1. The summed E-state index contributed by atoms with van der Waals surface area (Å²) in [6.45, 7) is 3.60. The summed E-state index contributed by atoms with van der Waals surface area (Å²) in [7, 11) is 0. The average molecular weight is 264 g/mol. The minimum absolute atomic E-state index is 0.549. The molecule has 18 heavy (non-hydrogen) atoms. The summed E-state index contributed by atoms with van der Waals surface area (Å²) in [5.41, 5.74) is 0.916. The first kappa shape index (κ1) is 12.8.